The van der Waals surface area contributed by atoms with Gasteiger partial charge in [0, 0.05) is 11.5 Å². The summed E-state index contributed by atoms with van der Waals surface area (Å²) in [4.78, 5) is 18.2. The predicted octanol–water partition coefficient (Wildman–Crippen LogP) is 1.92. The normalized spacial score (nSPS) is 24.7. The van der Waals surface area contributed by atoms with Gasteiger partial charge >= 0.3 is 5.69 Å². The van der Waals surface area contributed by atoms with Gasteiger partial charge in [-0.25, -0.2) is 4.98 Å². The number of aromatic nitrogens is 2. The highest BCUT2D eigenvalue weighted by molar-refractivity contribution is 6.28. The minimum Gasteiger partial charge on any atom is -0.392 e. The Balaban J connectivity index is 2.33. The van der Waals surface area contributed by atoms with E-state index in [0.717, 1.165) is 0 Å². The van der Waals surface area contributed by atoms with E-state index in [2.05, 4.69) is 15.3 Å². The van der Waals surface area contributed by atoms with Gasteiger partial charge in [0.1, 0.15) is 5.69 Å². The van der Waals surface area contributed by atoms with Crippen LogP contribution in [0.5, 0.6) is 0 Å². The van der Waals surface area contributed by atoms with E-state index in [1.807, 2.05) is 13.8 Å². The molecule has 1 aliphatic carbocycles. The highest BCUT2D eigenvalue weighted by Crippen LogP contribution is 2.43. The van der Waals surface area contributed by atoms with Gasteiger partial charge in [-0.15, -0.1) is 0 Å². The second-order valence-electron chi connectivity index (χ2n) is 5.30. The fourth-order valence-electron chi connectivity index (χ4n) is 2.16. The number of halogens is 1. The molecule has 0 saturated heterocycles. The molecule has 0 radical (unpaired) electrons. The Morgan fingerprint density at radius 2 is 2.16 bits per heavy atom. The quantitative estimate of drug-likeness (QED) is 0.500. The number of anilines is 1. The molecule has 0 spiro atoms. The van der Waals surface area contributed by atoms with Crippen LogP contribution in [0.2, 0.25) is 5.28 Å². The van der Waals surface area contributed by atoms with Gasteiger partial charge in [0.05, 0.1) is 11.0 Å². The molecule has 2 unspecified atom stereocenters. The minimum atomic E-state index is -0.532. The third-order valence-corrected chi connectivity index (χ3v) is 3.91. The molecule has 7 nitrogen and oxygen atoms in total. The lowest BCUT2D eigenvalue weighted by molar-refractivity contribution is -0.385. The van der Waals surface area contributed by atoms with Gasteiger partial charge in [-0.05, 0) is 24.9 Å². The molecule has 1 aliphatic rings. The first-order chi connectivity index (χ1) is 8.73. The molecule has 1 saturated carbocycles. The zero-order valence-corrected chi connectivity index (χ0v) is 11.6. The molecule has 0 amide bonds. The number of aliphatic hydroxyl groups is 1. The zero-order valence-electron chi connectivity index (χ0n) is 10.8. The standard InChI is InChI=1S/C11H15ClN4O3/c1-5-8(16(18)19)9(15-10(12)13-5)14-6-4-7(17)11(6,2)3/h6-7,17H,4H2,1-3H3,(H,13,14,15). The van der Waals surface area contributed by atoms with Gasteiger partial charge in [0.2, 0.25) is 11.1 Å². The maximum atomic E-state index is 11.1. The first kappa shape index (κ1) is 14.0. The van der Waals surface area contributed by atoms with Crippen LogP contribution in [0.25, 0.3) is 0 Å². The van der Waals surface area contributed by atoms with E-state index in [1.165, 1.54) is 6.92 Å². The van der Waals surface area contributed by atoms with Crippen molar-refractivity contribution in [3.05, 3.63) is 21.1 Å². The van der Waals surface area contributed by atoms with Crippen molar-refractivity contribution in [2.45, 2.75) is 39.3 Å². The summed E-state index contributed by atoms with van der Waals surface area (Å²) in [6.45, 7) is 5.29. The average Bonchev–Trinajstić information content (AvgIpc) is 2.27. The maximum Gasteiger partial charge on any atom is 0.332 e. The third-order valence-electron chi connectivity index (χ3n) is 3.74. The number of aryl methyl sites for hydroxylation is 1. The highest BCUT2D eigenvalue weighted by Gasteiger charge is 2.48. The summed E-state index contributed by atoms with van der Waals surface area (Å²) in [5, 5.41) is 23.7. The summed E-state index contributed by atoms with van der Waals surface area (Å²) in [6.07, 6.45) is 0.0904. The Hall–Kier alpha value is -1.47. The number of nitrogens with zero attached hydrogens (tertiary/aromatic N) is 3. The van der Waals surface area contributed by atoms with Crippen molar-refractivity contribution in [1.29, 1.82) is 0 Å². The van der Waals surface area contributed by atoms with E-state index in [9.17, 15) is 15.2 Å². The monoisotopic (exact) mass is 286 g/mol. The van der Waals surface area contributed by atoms with Crippen LogP contribution in [0, 0.1) is 22.5 Å². The number of hydrogen-bond acceptors (Lipinski definition) is 6. The summed E-state index contributed by atoms with van der Waals surface area (Å²) in [5.41, 5.74) is -0.328. The first-order valence-corrected chi connectivity index (χ1v) is 6.24. The molecule has 1 heterocycles. The first-order valence-electron chi connectivity index (χ1n) is 5.86. The van der Waals surface area contributed by atoms with E-state index in [1.54, 1.807) is 0 Å². The second-order valence-corrected chi connectivity index (χ2v) is 5.64. The van der Waals surface area contributed by atoms with Crippen molar-refractivity contribution in [2.24, 2.45) is 5.41 Å². The fourth-order valence-corrected chi connectivity index (χ4v) is 2.38. The average molecular weight is 287 g/mol. The van der Waals surface area contributed by atoms with Crippen LogP contribution in [0.3, 0.4) is 0 Å². The van der Waals surface area contributed by atoms with E-state index in [0.29, 0.717) is 6.42 Å². The number of nitro groups is 1. The number of rotatable bonds is 3. The van der Waals surface area contributed by atoms with Crippen LogP contribution < -0.4 is 5.32 Å². The summed E-state index contributed by atoms with van der Waals surface area (Å²) in [5.74, 6) is 0.104. The predicted molar refractivity (Wildman–Crippen MR) is 70.2 cm³/mol. The molecule has 1 aromatic rings. The van der Waals surface area contributed by atoms with E-state index >= 15 is 0 Å². The fraction of sp³-hybridized carbons (Fsp3) is 0.636. The molecule has 8 heteroatoms. The Kier molecular flexibility index (Phi) is 3.36. The molecule has 104 valence electrons. The molecule has 1 fully saturated rings. The van der Waals surface area contributed by atoms with Gasteiger partial charge in [-0.1, -0.05) is 13.8 Å². The smallest absolute Gasteiger partial charge is 0.332 e. The number of aliphatic hydroxyl groups excluding tert-OH is 1. The molecular formula is C11H15ClN4O3. The largest absolute Gasteiger partial charge is 0.392 e. The van der Waals surface area contributed by atoms with Crippen LogP contribution in [0.1, 0.15) is 26.0 Å². The number of hydrogen-bond donors (Lipinski definition) is 2. The van der Waals surface area contributed by atoms with Gasteiger partial charge in [0.25, 0.3) is 0 Å². The van der Waals surface area contributed by atoms with Crippen LogP contribution >= 0.6 is 11.6 Å². The summed E-state index contributed by atoms with van der Waals surface area (Å²) < 4.78 is 0. The van der Waals surface area contributed by atoms with Crippen molar-refractivity contribution < 1.29 is 10.0 Å². The van der Waals surface area contributed by atoms with Gasteiger partial charge < -0.3 is 10.4 Å². The Morgan fingerprint density at radius 3 is 2.63 bits per heavy atom. The SMILES string of the molecule is Cc1nc(Cl)nc(NC2CC(O)C2(C)C)c1[N+](=O)[O-]. The minimum absolute atomic E-state index is 0.0386. The lowest BCUT2D eigenvalue weighted by Gasteiger charge is -2.49. The van der Waals surface area contributed by atoms with E-state index in [-0.39, 0.29) is 33.9 Å². The van der Waals surface area contributed by atoms with E-state index < -0.39 is 11.0 Å². The molecule has 2 N–H and O–H groups in total. The molecule has 0 aliphatic heterocycles. The summed E-state index contributed by atoms with van der Waals surface area (Å²) >= 11 is 5.74. The van der Waals surface area contributed by atoms with Gasteiger partial charge in [-0.3, -0.25) is 10.1 Å². The molecular weight excluding hydrogens is 272 g/mol. The van der Waals surface area contributed by atoms with Crippen LogP contribution in [-0.2, 0) is 0 Å². The molecule has 2 rings (SSSR count). The van der Waals surface area contributed by atoms with Gasteiger partial charge in [0.15, 0.2) is 0 Å². The van der Waals surface area contributed by atoms with Crippen LogP contribution in [-0.4, -0.2) is 32.1 Å². The Morgan fingerprint density at radius 1 is 1.53 bits per heavy atom. The van der Waals surface area contributed by atoms with Crippen molar-refractivity contribution in [1.82, 2.24) is 9.97 Å². The second kappa shape index (κ2) is 4.57. The molecule has 0 bridgehead atoms. The number of nitrogens with one attached hydrogen (secondary N) is 1. The Bertz CT molecular complexity index is 535. The van der Waals surface area contributed by atoms with E-state index in [4.69, 9.17) is 11.6 Å². The molecule has 0 aromatic carbocycles. The topological polar surface area (TPSA) is 101 Å². The zero-order chi connectivity index (χ0) is 14.4. The van der Waals surface area contributed by atoms with Crippen LogP contribution in [0.15, 0.2) is 0 Å². The lowest BCUT2D eigenvalue weighted by Crippen LogP contribution is -2.57. The van der Waals surface area contributed by atoms with Crippen molar-refractivity contribution >= 4 is 23.1 Å². The van der Waals surface area contributed by atoms with Crippen molar-refractivity contribution in [3.63, 3.8) is 0 Å². The molecule has 1 aromatic heterocycles. The highest BCUT2D eigenvalue weighted by atomic mass is 35.5. The van der Waals surface area contributed by atoms with Crippen LogP contribution in [0.4, 0.5) is 11.5 Å². The third kappa shape index (κ3) is 2.35. The van der Waals surface area contributed by atoms with Crippen molar-refractivity contribution in [3.8, 4) is 0 Å². The molecule has 19 heavy (non-hydrogen) atoms. The summed E-state index contributed by atoms with van der Waals surface area (Å²) in [7, 11) is 0. The maximum absolute atomic E-state index is 11.1. The van der Waals surface area contributed by atoms with Gasteiger partial charge in [-0.2, -0.15) is 4.98 Å². The summed E-state index contributed by atoms with van der Waals surface area (Å²) in [6, 6.07) is -0.0911. The Labute approximate surface area is 115 Å². The molecule has 2 atom stereocenters. The van der Waals surface area contributed by atoms with Crippen molar-refractivity contribution in [2.75, 3.05) is 5.32 Å². The lowest BCUT2D eigenvalue weighted by atomic mass is 9.64.